The lowest BCUT2D eigenvalue weighted by molar-refractivity contribution is -0.126. The highest BCUT2D eigenvalue weighted by molar-refractivity contribution is 5.91. The molecule has 0 aromatic heterocycles. The van der Waals surface area contributed by atoms with Crippen molar-refractivity contribution in [3.63, 3.8) is 0 Å². The van der Waals surface area contributed by atoms with Crippen molar-refractivity contribution in [3.8, 4) is 11.5 Å². The molecule has 0 aliphatic carbocycles. The van der Waals surface area contributed by atoms with Gasteiger partial charge in [0.15, 0.2) is 0 Å². The number of amides is 1. The fraction of sp³-hybridized carbons (Fsp3) is 0.286. The summed E-state index contributed by atoms with van der Waals surface area (Å²) in [4.78, 5) is 14.3. The second-order valence-corrected chi connectivity index (χ2v) is 6.00. The van der Waals surface area contributed by atoms with E-state index in [0.717, 1.165) is 35.7 Å². The maximum Gasteiger partial charge on any atom is 0.246 e. The first-order chi connectivity index (χ1) is 12.2. The molecule has 2 aromatic rings. The van der Waals surface area contributed by atoms with Gasteiger partial charge in [-0.15, -0.1) is 0 Å². The summed E-state index contributed by atoms with van der Waals surface area (Å²) in [7, 11) is 1.65. The Hall–Kier alpha value is -2.75. The minimum atomic E-state index is 0.00932. The van der Waals surface area contributed by atoms with E-state index in [1.165, 1.54) is 5.56 Å². The number of benzene rings is 2. The molecule has 4 heteroatoms. The predicted octanol–water partition coefficient (Wildman–Crippen LogP) is 3.69. The Labute approximate surface area is 148 Å². The second-order valence-electron chi connectivity index (χ2n) is 6.00. The molecule has 0 saturated carbocycles. The van der Waals surface area contributed by atoms with Gasteiger partial charge in [0, 0.05) is 25.6 Å². The molecule has 1 aliphatic rings. The zero-order chi connectivity index (χ0) is 17.6. The Kier molecular flexibility index (Phi) is 5.39. The predicted molar refractivity (Wildman–Crippen MR) is 98.8 cm³/mol. The molecule has 25 heavy (non-hydrogen) atoms. The summed E-state index contributed by atoms with van der Waals surface area (Å²) in [5.74, 6) is 1.78. The number of hydrogen-bond donors (Lipinski definition) is 0. The summed E-state index contributed by atoms with van der Waals surface area (Å²) in [5, 5.41) is 0. The third-order valence-electron chi connectivity index (χ3n) is 4.36. The van der Waals surface area contributed by atoms with Crippen LogP contribution in [0.25, 0.3) is 6.08 Å². The fourth-order valence-corrected chi connectivity index (χ4v) is 2.88. The minimum Gasteiger partial charge on any atom is -0.497 e. The van der Waals surface area contributed by atoms with E-state index >= 15 is 0 Å². The average Bonchev–Trinajstić information content (AvgIpc) is 3.12. The van der Waals surface area contributed by atoms with Crippen LogP contribution >= 0.6 is 0 Å². The molecule has 0 bridgehead atoms. The number of rotatable bonds is 6. The number of fused-ring (bicyclic) bond motifs is 1. The van der Waals surface area contributed by atoms with Crippen LogP contribution in [0.1, 0.15) is 23.6 Å². The monoisotopic (exact) mass is 337 g/mol. The number of nitrogens with zero attached hydrogens (tertiary/aromatic N) is 1. The number of carbonyl (C=O) groups is 1. The van der Waals surface area contributed by atoms with Gasteiger partial charge in [0.1, 0.15) is 11.5 Å². The zero-order valence-corrected chi connectivity index (χ0v) is 14.7. The van der Waals surface area contributed by atoms with Crippen LogP contribution in [0.5, 0.6) is 11.5 Å². The number of likely N-dealkylation sites (N-methyl/N-ethyl adjacent to an activating group) is 1. The van der Waals surface area contributed by atoms with E-state index in [2.05, 4.69) is 6.07 Å². The molecule has 0 fully saturated rings. The van der Waals surface area contributed by atoms with Crippen molar-refractivity contribution in [2.75, 3.05) is 20.3 Å². The maximum atomic E-state index is 12.5. The summed E-state index contributed by atoms with van der Waals surface area (Å²) in [6, 6.07) is 13.8. The quantitative estimate of drug-likeness (QED) is 0.755. The van der Waals surface area contributed by atoms with Crippen molar-refractivity contribution in [1.82, 2.24) is 4.90 Å². The molecule has 1 heterocycles. The van der Waals surface area contributed by atoms with Gasteiger partial charge in [-0.05, 0) is 54.0 Å². The minimum absolute atomic E-state index is 0.00932. The normalized spacial score (nSPS) is 12.7. The first-order valence-electron chi connectivity index (χ1n) is 8.55. The van der Waals surface area contributed by atoms with Gasteiger partial charge in [0.2, 0.25) is 5.91 Å². The Balaban J connectivity index is 1.65. The smallest absolute Gasteiger partial charge is 0.246 e. The molecular weight excluding hydrogens is 314 g/mol. The van der Waals surface area contributed by atoms with Crippen LogP contribution in [0.4, 0.5) is 0 Å². The van der Waals surface area contributed by atoms with Gasteiger partial charge >= 0.3 is 0 Å². The first kappa shape index (κ1) is 17.1. The van der Waals surface area contributed by atoms with Crippen molar-refractivity contribution < 1.29 is 14.3 Å². The number of ether oxygens (including phenoxy) is 2. The van der Waals surface area contributed by atoms with Crippen molar-refractivity contribution in [3.05, 3.63) is 65.2 Å². The summed E-state index contributed by atoms with van der Waals surface area (Å²) < 4.78 is 10.7. The molecule has 0 saturated heterocycles. The van der Waals surface area contributed by atoms with Crippen LogP contribution in [0.15, 0.2) is 48.5 Å². The topological polar surface area (TPSA) is 38.8 Å². The highest BCUT2D eigenvalue weighted by Gasteiger charge is 2.12. The van der Waals surface area contributed by atoms with Crippen LogP contribution in [0, 0.1) is 0 Å². The molecule has 0 spiro atoms. The van der Waals surface area contributed by atoms with Crippen molar-refractivity contribution >= 4 is 12.0 Å². The molecule has 1 amide bonds. The third kappa shape index (κ3) is 4.21. The lowest BCUT2D eigenvalue weighted by Crippen LogP contribution is -2.28. The van der Waals surface area contributed by atoms with Crippen molar-refractivity contribution in [2.45, 2.75) is 19.9 Å². The zero-order valence-electron chi connectivity index (χ0n) is 14.7. The lowest BCUT2D eigenvalue weighted by Gasteiger charge is -2.19. The van der Waals surface area contributed by atoms with Crippen molar-refractivity contribution in [2.24, 2.45) is 0 Å². The highest BCUT2D eigenvalue weighted by Crippen LogP contribution is 2.26. The van der Waals surface area contributed by atoms with Crippen molar-refractivity contribution in [1.29, 1.82) is 0 Å². The Morgan fingerprint density at radius 3 is 2.76 bits per heavy atom. The lowest BCUT2D eigenvalue weighted by atomic mass is 10.1. The van der Waals surface area contributed by atoms with Crippen LogP contribution in [0.2, 0.25) is 0 Å². The summed E-state index contributed by atoms with van der Waals surface area (Å²) in [6.45, 7) is 3.98. The van der Waals surface area contributed by atoms with Gasteiger partial charge in [-0.1, -0.05) is 18.2 Å². The van der Waals surface area contributed by atoms with Crippen LogP contribution in [-0.4, -0.2) is 31.1 Å². The van der Waals surface area contributed by atoms with E-state index in [0.29, 0.717) is 13.1 Å². The summed E-state index contributed by atoms with van der Waals surface area (Å²) in [5.41, 5.74) is 3.32. The molecule has 130 valence electrons. The Bertz CT molecular complexity index is 765. The molecule has 0 radical (unpaired) electrons. The Morgan fingerprint density at radius 2 is 2.04 bits per heavy atom. The number of hydrogen-bond acceptors (Lipinski definition) is 3. The number of methoxy groups -OCH3 is 1. The number of carbonyl (C=O) groups excluding carboxylic acids is 1. The first-order valence-corrected chi connectivity index (χ1v) is 8.55. The maximum absolute atomic E-state index is 12.5. The van der Waals surface area contributed by atoms with Gasteiger partial charge < -0.3 is 14.4 Å². The van der Waals surface area contributed by atoms with E-state index < -0.39 is 0 Å². The molecule has 1 aliphatic heterocycles. The Morgan fingerprint density at radius 1 is 1.24 bits per heavy atom. The molecule has 3 rings (SSSR count). The van der Waals surface area contributed by atoms with Gasteiger partial charge in [0.25, 0.3) is 0 Å². The van der Waals surface area contributed by atoms with Crippen LogP contribution < -0.4 is 9.47 Å². The third-order valence-corrected chi connectivity index (χ3v) is 4.36. The molecule has 2 aromatic carbocycles. The van der Waals surface area contributed by atoms with E-state index in [-0.39, 0.29) is 5.91 Å². The molecule has 4 nitrogen and oxygen atoms in total. The van der Waals surface area contributed by atoms with E-state index in [9.17, 15) is 4.79 Å². The SMILES string of the molecule is CCN(Cc1ccc(OC)cc1)C(=O)/C=C/c1ccc2c(c1)CCO2. The molecule has 0 N–H and O–H groups in total. The van der Waals surface area contributed by atoms with Gasteiger partial charge in [-0.2, -0.15) is 0 Å². The fourth-order valence-electron chi connectivity index (χ4n) is 2.88. The van der Waals surface area contributed by atoms with Gasteiger partial charge in [-0.3, -0.25) is 4.79 Å². The molecule has 0 unspecified atom stereocenters. The highest BCUT2D eigenvalue weighted by atomic mass is 16.5. The van der Waals surface area contributed by atoms with Gasteiger partial charge in [0.05, 0.1) is 13.7 Å². The summed E-state index contributed by atoms with van der Waals surface area (Å²) >= 11 is 0. The second kappa shape index (κ2) is 7.88. The molecule has 0 atom stereocenters. The van der Waals surface area contributed by atoms with E-state index in [4.69, 9.17) is 9.47 Å². The average molecular weight is 337 g/mol. The van der Waals surface area contributed by atoms with E-state index in [1.807, 2.05) is 54.3 Å². The van der Waals surface area contributed by atoms with Gasteiger partial charge in [-0.25, -0.2) is 0 Å². The van der Waals surface area contributed by atoms with Crippen LogP contribution in [0.3, 0.4) is 0 Å². The van der Waals surface area contributed by atoms with E-state index in [1.54, 1.807) is 13.2 Å². The largest absolute Gasteiger partial charge is 0.497 e. The molecular formula is C21H23NO3. The van der Waals surface area contributed by atoms with Crippen LogP contribution in [-0.2, 0) is 17.8 Å². The summed E-state index contributed by atoms with van der Waals surface area (Å²) in [6.07, 6.45) is 4.45. The standard InChI is InChI=1S/C21H23NO3/c1-3-22(15-17-4-8-19(24-2)9-5-17)21(23)11-7-16-6-10-20-18(14-16)12-13-25-20/h4-11,14H,3,12-13,15H2,1-2H3/b11-7+.